The van der Waals surface area contributed by atoms with Crippen LogP contribution in [0.25, 0.3) is 0 Å². The van der Waals surface area contributed by atoms with Crippen LogP contribution in [-0.2, 0) is 9.36 Å². The number of nitrogens with two attached hydrogens (primary N) is 1. The number of rotatable bonds is 2. The normalized spacial score (nSPS) is 14.5. The molecular formula is C4H12NO6P. The molecule has 2 unspecified atom stereocenters. The average molecular weight is 201 g/mol. The Morgan fingerprint density at radius 1 is 1.50 bits per heavy atom. The SMILES string of the molecule is CC(O)C(N)C(=O)O.O=[PH](O)O. The van der Waals surface area contributed by atoms with Gasteiger partial charge in [-0.25, -0.2) is 0 Å². The van der Waals surface area contributed by atoms with Gasteiger partial charge in [0.1, 0.15) is 6.04 Å². The van der Waals surface area contributed by atoms with Crippen LogP contribution in [0.5, 0.6) is 0 Å². The summed E-state index contributed by atoms with van der Waals surface area (Å²) in [6.07, 6.45) is -0.979. The molecule has 0 amide bonds. The Labute approximate surface area is 69.4 Å². The van der Waals surface area contributed by atoms with Crippen LogP contribution in [-0.4, -0.2) is 38.1 Å². The van der Waals surface area contributed by atoms with Crippen molar-refractivity contribution < 1.29 is 29.4 Å². The highest BCUT2D eigenvalue weighted by Gasteiger charge is 2.16. The zero-order valence-electron chi connectivity index (χ0n) is 6.34. The number of aliphatic carboxylic acids is 1. The minimum Gasteiger partial charge on any atom is -0.480 e. The monoisotopic (exact) mass is 201 g/mol. The van der Waals surface area contributed by atoms with Gasteiger partial charge in [0.25, 0.3) is 0 Å². The predicted molar refractivity (Wildman–Crippen MR) is 40.7 cm³/mol. The molecule has 0 aliphatic rings. The van der Waals surface area contributed by atoms with Gasteiger partial charge in [0.2, 0.25) is 0 Å². The summed E-state index contributed by atoms with van der Waals surface area (Å²) in [5.41, 5.74) is 4.91. The lowest BCUT2D eigenvalue weighted by molar-refractivity contribution is -0.140. The Morgan fingerprint density at radius 3 is 1.75 bits per heavy atom. The van der Waals surface area contributed by atoms with Crippen LogP contribution in [0.1, 0.15) is 6.92 Å². The molecule has 74 valence electrons. The average Bonchev–Trinajstić information content (AvgIpc) is 1.84. The summed E-state index contributed by atoms with van der Waals surface area (Å²) >= 11 is 0. The number of hydrogen-bond acceptors (Lipinski definition) is 4. The minimum atomic E-state index is -3.13. The first kappa shape index (κ1) is 14.1. The molecule has 0 aliphatic carbocycles. The van der Waals surface area contributed by atoms with Crippen LogP contribution >= 0.6 is 8.25 Å². The molecule has 0 rings (SSSR count). The van der Waals surface area contributed by atoms with E-state index in [1.54, 1.807) is 0 Å². The number of carboxylic acids is 1. The van der Waals surface area contributed by atoms with Crippen molar-refractivity contribution in [1.29, 1.82) is 0 Å². The molecule has 8 heteroatoms. The Kier molecular flexibility index (Phi) is 8.46. The fourth-order valence-corrected chi connectivity index (χ4v) is 0.206. The van der Waals surface area contributed by atoms with Gasteiger partial charge in [-0.15, -0.1) is 0 Å². The van der Waals surface area contributed by atoms with Gasteiger partial charge in [-0.3, -0.25) is 9.36 Å². The predicted octanol–water partition coefficient (Wildman–Crippen LogP) is -1.86. The summed E-state index contributed by atoms with van der Waals surface area (Å²) in [4.78, 5) is 24.2. The van der Waals surface area contributed by atoms with E-state index >= 15 is 0 Å². The molecule has 7 nitrogen and oxygen atoms in total. The van der Waals surface area contributed by atoms with Crippen molar-refractivity contribution in [2.24, 2.45) is 5.73 Å². The summed E-state index contributed by atoms with van der Waals surface area (Å²) in [5, 5.41) is 16.6. The number of hydrogen-bond donors (Lipinski definition) is 5. The summed E-state index contributed by atoms with van der Waals surface area (Å²) in [6, 6.07) is -1.16. The van der Waals surface area contributed by atoms with E-state index in [2.05, 4.69) is 0 Å². The molecule has 0 bridgehead atoms. The van der Waals surface area contributed by atoms with Crippen molar-refractivity contribution >= 4 is 14.2 Å². The highest BCUT2D eigenvalue weighted by Crippen LogP contribution is 1.98. The Hall–Kier alpha value is -0.460. The van der Waals surface area contributed by atoms with Crippen LogP contribution in [0.3, 0.4) is 0 Å². The third-order valence-electron chi connectivity index (χ3n) is 0.805. The molecule has 0 radical (unpaired) electrons. The lowest BCUT2D eigenvalue weighted by Crippen LogP contribution is -2.39. The molecule has 0 aromatic rings. The lowest BCUT2D eigenvalue weighted by atomic mass is 10.2. The molecule has 0 heterocycles. The summed E-state index contributed by atoms with van der Waals surface area (Å²) < 4.78 is 8.74. The second kappa shape index (κ2) is 7.20. The summed E-state index contributed by atoms with van der Waals surface area (Å²) in [5.74, 6) is -1.18. The first-order valence-corrected chi connectivity index (χ1v) is 4.17. The molecule has 0 saturated carbocycles. The first-order chi connectivity index (χ1) is 5.29. The van der Waals surface area contributed by atoms with Gasteiger partial charge in [0.05, 0.1) is 6.10 Å². The zero-order chi connectivity index (χ0) is 10.3. The topological polar surface area (TPSA) is 141 Å². The quantitative estimate of drug-likeness (QED) is 0.330. The smallest absolute Gasteiger partial charge is 0.323 e. The molecule has 0 aromatic carbocycles. The zero-order valence-corrected chi connectivity index (χ0v) is 7.34. The molecule has 0 spiro atoms. The van der Waals surface area contributed by atoms with Crippen molar-refractivity contribution in [3.8, 4) is 0 Å². The second-order valence-corrected chi connectivity index (χ2v) is 2.45. The maximum Gasteiger partial charge on any atom is 0.323 e. The standard InChI is InChI=1S/C4H9NO3.H3O3P/c1-2(6)3(5)4(7)8;1-4(2)3/h2-3,6H,5H2,1H3,(H,7,8);4H,(H2,1,2,3). The van der Waals surface area contributed by atoms with E-state index in [0.29, 0.717) is 0 Å². The van der Waals surface area contributed by atoms with E-state index < -0.39 is 26.4 Å². The van der Waals surface area contributed by atoms with Crippen molar-refractivity contribution in [1.82, 2.24) is 0 Å². The van der Waals surface area contributed by atoms with Crippen molar-refractivity contribution in [3.05, 3.63) is 0 Å². The molecule has 2 atom stereocenters. The Balaban J connectivity index is 0. The van der Waals surface area contributed by atoms with Gasteiger partial charge in [0.15, 0.2) is 0 Å². The van der Waals surface area contributed by atoms with Crippen molar-refractivity contribution in [2.75, 3.05) is 0 Å². The molecule has 0 saturated heterocycles. The molecule has 6 N–H and O–H groups in total. The third-order valence-corrected chi connectivity index (χ3v) is 0.805. The van der Waals surface area contributed by atoms with Gasteiger partial charge >= 0.3 is 14.2 Å². The van der Waals surface area contributed by atoms with Crippen molar-refractivity contribution in [2.45, 2.75) is 19.1 Å². The van der Waals surface area contributed by atoms with Gasteiger partial charge in [-0.05, 0) is 6.92 Å². The van der Waals surface area contributed by atoms with Gasteiger partial charge in [0, 0.05) is 0 Å². The van der Waals surface area contributed by atoms with Gasteiger partial charge in [-0.1, -0.05) is 0 Å². The van der Waals surface area contributed by atoms with Crippen LogP contribution in [0.4, 0.5) is 0 Å². The van der Waals surface area contributed by atoms with Gasteiger partial charge < -0.3 is 25.7 Å². The summed E-state index contributed by atoms with van der Waals surface area (Å²) in [6.45, 7) is 1.33. The Bertz CT molecular complexity index is 156. The van der Waals surface area contributed by atoms with Crippen molar-refractivity contribution in [3.63, 3.8) is 0 Å². The highest BCUT2D eigenvalue weighted by atomic mass is 31.1. The molecule has 0 aliphatic heterocycles. The fourth-order valence-electron chi connectivity index (χ4n) is 0.206. The van der Waals surface area contributed by atoms with E-state index in [4.69, 9.17) is 30.3 Å². The molecular weight excluding hydrogens is 189 g/mol. The van der Waals surface area contributed by atoms with Crippen LogP contribution in [0, 0.1) is 0 Å². The van der Waals surface area contributed by atoms with Gasteiger partial charge in [-0.2, -0.15) is 0 Å². The molecule has 0 fully saturated rings. The maximum atomic E-state index is 9.86. The molecule has 0 aromatic heterocycles. The van der Waals surface area contributed by atoms with Crippen LogP contribution < -0.4 is 5.73 Å². The van der Waals surface area contributed by atoms with E-state index in [0.717, 1.165) is 0 Å². The first-order valence-electron chi connectivity index (χ1n) is 2.87. The summed E-state index contributed by atoms with van der Waals surface area (Å²) in [7, 11) is -3.13. The largest absolute Gasteiger partial charge is 0.480 e. The van der Waals surface area contributed by atoms with E-state index in [1.807, 2.05) is 0 Å². The number of carboxylic acid groups (broad SMARTS) is 1. The van der Waals surface area contributed by atoms with E-state index in [-0.39, 0.29) is 0 Å². The van der Waals surface area contributed by atoms with E-state index in [9.17, 15) is 4.79 Å². The molecule has 12 heavy (non-hydrogen) atoms. The minimum absolute atomic E-state index is 0.979. The number of aliphatic hydroxyl groups is 1. The maximum absolute atomic E-state index is 9.86. The second-order valence-electron chi connectivity index (χ2n) is 1.89. The highest BCUT2D eigenvalue weighted by molar-refractivity contribution is 7.30. The van der Waals surface area contributed by atoms with Crippen LogP contribution in [0.15, 0.2) is 0 Å². The van der Waals surface area contributed by atoms with E-state index in [1.165, 1.54) is 6.92 Å². The number of carbonyl (C=O) groups is 1. The number of aliphatic hydroxyl groups excluding tert-OH is 1. The third kappa shape index (κ3) is 12.2. The van der Waals surface area contributed by atoms with Crippen LogP contribution in [0.2, 0.25) is 0 Å². The fraction of sp³-hybridized carbons (Fsp3) is 0.750. The Morgan fingerprint density at radius 2 is 1.75 bits per heavy atom. The lowest BCUT2D eigenvalue weighted by Gasteiger charge is -2.06.